The van der Waals surface area contributed by atoms with Crippen LogP contribution < -0.4 is 0 Å². The second kappa shape index (κ2) is 5.78. The molecule has 106 valence electrons. The highest BCUT2D eigenvalue weighted by molar-refractivity contribution is 5.16. The largest absolute Gasteiger partial charge is 0.390 e. The van der Waals surface area contributed by atoms with Crippen molar-refractivity contribution in [1.29, 1.82) is 0 Å². The minimum atomic E-state index is -0.889. The van der Waals surface area contributed by atoms with Crippen molar-refractivity contribution in [1.82, 2.24) is 0 Å². The lowest BCUT2D eigenvalue weighted by Crippen LogP contribution is -2.57. The Bertz CT molecular complexity index is 506. The highest BCUT2D eigenvalue weighted by Crippen LogP contribution is 2.32. The van der Waals surface area contributed by atoms with E-state index in [-0.39, 0.29) is 12.7 Å². The van der Waals surface area contributed by atoms with Crippen LogP contribution in [0.4, 0.5) is 0 Å². The molecule has 0 bridgehead atoms. The highest BCUT2D eigenvalue weighted by Gasteiger charge is 2.44. The minimum absolute atomic E-state index is 0.176. The van der Waals surface area contributed by atoms with Crippen LogP contribution in [0.1, 0.15) is 11.9 Å². The normalized spacial score (nSPS) is 36.8. The van der Waals surface area contributed by atoms with Gasteiger partial charge in [0.2, 0.25) is 0 Å². The van der Waals surface area contributed by atoms with E-state index in [1.54, 1.807) is 0 Å². The maximum absolute atomic E-state index is 10.2. The van der Waals surface area contributed by atoms with Gasteiger partial charge in [-0.25, -0.2) is 0 Å². The lowest BCUT2D eigenvalue weighted by molar-refractivity contribution is -0.301. The fourth-order valence-corrected chi connectivity index (χ4v) is 2.48. The Labute approximate surface area is 115 Å². The number of hydrogen-bond donors (Lipinski definition) is 1. The molecule has 1 aromatic rings. The molecule has 3 rings (SSSR count). The summed E-state index contributed by atoms with van der Waals surface area (Å²) >= 11 is 0. The van der Waals surface area contributed by atoms with Crippen LogP contribution in [0.3, 0.4) is 0 Å². The van der Waals surface area contributed by atoms with E-state index in [4.69, 9.17) is 19.7 Å². The van der Waals surface area contributed by atoms with Gasteiger partial charge in [0.15, 0.2) is 6.29 Å². The first-order valence-electron chi connectivity index (χ1n) is 6.45. The topological polar surface area (TPSA) is 96.7 Å². The van der Waals surface area contributed by atoms with Gasteiger partial charge in [0, 0.05) is 10.5 Å². The van der Waals surface area contributed by atoms with Crippen molar-refractivity contribution in [3.8, 4) is 0 Å². The molecule has 0 radical (unpaired) electrons. The molecule has 2 saturated heterocycles. The molecule has 0 aromatic heterocycles. The van der Waals surface area contributed by atoms with Crippen LogP contribution in [0.2, 0.25) is 0 Å². The van der Waals surface area contributed by atoms with Gasteiger partial charge in [0.05, 0.1) is 25.4 Å². The number of rotatable bonds is 2. The van der Waals surface area contributed by atoms with Crippen molar-refractivity contribution in [2.45, 2.75) is 30.6 Å². The van der Waals surface area contributed by atoms with Crippen molar-refractivity contribution in [3.63, 3.8) is 0 Å². The fourth-order valence-electron chi connectivity index (χ4n) is 2.48. The summed E-state index contributed by atoms with van der Waals surface area (Å²) < 4.78 is 16.9. The molecule has 2 aliphatic heterocycles. The van der Waals surface area contributed by atoms with E-state index in [0.29, 0.717) is 6.61 Å². The molecular formula is C13H15N3O4. The fraction of sp³-hybridized carbons (Fsp3) is 0.538. The van der Waals surface area contributed by atoms with Gasteiger partial charge < -0.3 is 19.3 Å². The number of ether oxygens (including phenoxy) is 3. The van der Waals surface area contributed by atoms with Crippen LogP contribution in [0, 0.1) is 0 Å². The third-order valence-electron chi connectivity index (χ3n) is 3.54. The monoisotopic (exact) mass is 277 g/mol. The van der Waals surface area contributed by atoms with E-state index in [9.17, 15) is 5.11 Å². The quantitative estimate of drug-likeness (QED) is 0.503. The van der Waals surface area contributed by atoms with E-state index in [0.717, 1.165) is 5.56 Å². The van der Waals surface area contributed by atoms with E-state index < -0.39 is 24.5 Å². The number of aliphatic hydroxyl groups is 1. The highest BCUT2D eigenvalue weighted by atomic mass is 16.7. The van der Waals surface area contributed by atoms with E-state index in [1.165, 1.54) is 0 Å². The second-order valence-electron chi connectivity index (χ2n) is 4.81. The average molecular weight is 277 g/mol. The summed E-state index contributed by atoms with van der Waals surface area (Å²) in [7, 11) is 0. The summed E-state index contributed by atoms with van der Waals surface area (Å²) in [5, 5.41) is 13.8. The van der Waals surface area contributed by atoms with Crippen LogP contribution >= 0.6 is 0 Å². The SMILES string of the molecule is [N-]=[N+]=N[C@@H]1CO[C@@H]2CO[C@@H](c3ccccc3)O[C@H]2[C@@H]1O. The molecule has 2 fully saturated rings. The Kier molecular flexibility index (Phi) is 3.86. The summed E-state index contributed by atoms with van der Waals surface area (Å²) in [6.45, 7) is 0.513. The predicted molar refractivity (Wildman–Crippen MR) is 68.7 cm³/mol. The van der Waals surface area contributed by atoms with Crippen LogP contribution in [-0.4, -0.2) is 42.7 Å². The first kappa shape index (κ1) is 13.4. The standard InChI is InChI=1S/C13H15N3O4/c14-16-15-9-6-18-10-7-19-13(20-12(10)11(9)17)8-4-2-1-3-5-8/h1-5,9-13,17H,6-7H2/t9-,10-,11-,12-,13-/m1/s1. The molecule has 0 amide bonds. The Balaban J connectivity index is 1.75. The number of aliphatic hydroxyl groups excluding tert-OH is 1. The van der Waals surface area contributed by atoms with Gasteiger partial charge in [-0.05, 0) is 5.53 Å². The number of fused-ring (bicyclic) bond motifs is 1. The molecule has 2 heterocycles. The number of hydrogen-bond acceptors (Lipinski definition) is 5. The Morgan fingerprint density at radius 2 is 2.00 bits per heavy atom. The van der Waals surface area contributed by atoms with Crippen molar-refractivity contribution < 1.29 is 19.3 Å². The Morgan fingerprint density at radius 1 is 1.20 bits per heavy atom. The summed E-state index contributed by atoms with van der Waals surface area (Å²) in [4.78, 5) is 2.72. The summed E-state index contributed by atoms with van der Waals surface area (Å²) in [5.41, 5.74) is 9.37. The smallest absolute Gasteiger partial charge is 0.184 e. The zero-order valence-corrected chi connectivity index (χ0v) is 10.7. The maximum Gasteiger partial charge on any atom is 0.184 e. The number of nitrogens with zero attached hydrogens (tertiary/aromatic N) is 3. The molecule has 7 nitrogen and oxygen atoms in total. The maximum atomic E-state index is 10.2. The summed E-state index contributed by atoms with van der Waals surface area (Å²) in [6, 6.07) is 8.86. The van der Waals surface area contributed by atoms with Crippen LogP contribution in [0.5, 0.6) is 0 Å². The van der Waals surface area contributed by atoms with E-state index >= 15 is 0 Å². The van der Waals surface area contributed by atoms with Crippen LogP contribution in [0.15, 0.2) is 35.4 Å². The van der Waals surface area contributed by atoms with Crippen molar-refractivity contribution in [2.24, 2.45) is 5.11 Å². The van der Waals surface area contributed by atoms with Gasteiger partial charge in [-0.3, -0.25) is 0 Å². The second-order valence-corrected chi connectivity index (χ2v) is 4.81. The average Bonchev–Trinajstić information content (AvgIpc) is 2.51. The van der Waals surface area contributed by atoms with Gasteiger partial charge in [0.1, 0.15) is 12.2 Å². The Hall–Kier alpha value is -1.63. The Morgan fingerprint density at radius 3 is 2.75 bits per heavy atom. The van der Waals surface area contributed by atoms with Gasteiger partial charge >= 0.3 is 0 Å². The molecule has 0 aliphatic carbocycles. The molecule has 0 saturated carbocycles. The van der Waals surface area contributed by atoms with Gasteiger partial charge in [-0.15, -0.1) is 0 Å². The first-order valence-corrected chi connectivity index (χ1v) is 6.45. The van der Waals surface area contributed by atoms with E-state index in [2.05, 4.69) is 10.0 Å². The van der Waals surface area contributed by atoms with Gasteiger partial charge in [-0.1, -0.05) is 35.4 Å². The van der Waals surface area contributed by atoms with Crippen molar-refractivity contribution in [3.05, 3.63) is 46.3 Å². The molecule has 7 heteroatoms. The molecular weight excluding hydrogens is 262 g/mol. The van der Waals surface area contributed by atoms with Crippen molar-refractivity contribution in [2.75, 3.05) is 13.2 Å². The van der Waals surface area contributed by atoms with Gasteiger partial charge in [-0.2, -0.15) is 0 Å². The first-order chi connectivity index (χ1) is 9.79. The lowest BCUT2D eigenvalue weighted by Gasteiger charge is -2.43. The molecule has 1 N–H and O–H groups in total. The van der Waals surface area contributed by atoms with E-state index in [1.807, 2.05) is 30.3 Å². The molecule has 5 atom stereocenters. The van der Waals surface area contributed by atoms with Crippen LogP contribution in [-0.2, 0) is 14.2 Å². The number of benzene rings is 1. The van der Waals surface area contributed by atoms with Crippen LogP contribution in [0.25, 0.3) is 10.4 Å². The summed E-state index contributed by atoms with van der Waals surface area (Å²) in [5.74, 6) is 0. The third-order valence-corrected chi connectivity index (χ3v) is 3.54. The number of azide groups is 1. The molecule has 0 spiro atoms. The minimum Gasteiger partial charge on any atom is -0.390 e. The zero-order valence-electron chi connectivity index (χ0n) is 10.7. The molecule has 0 unspecified atom stereocenters. The molecule has 1 aromatic carbocycles. The summed E-state index contributed by atoms with van der Waals surface area (Å²) in [6.07, 6.45) is -2.33. The lowest BCUT2D eigenvalue weighted by atomic mass is 9.98. The van der Waals surface area contributed by atoms with Crippen molar-refractivity contribution >= 4 is 0 Å². The molecule has 20 heavy (non-hydrogen) atoms. The third kappa shape index (κ3) is 2.49. The molecule has 2 aliphatic rings. The predicted octanol–water partition coefficient (Wildman–Crippen LogP) is 1.54. The van der Waals surface area contributed by atoms with Gasteiger partial charge in [0.25, 0.3) is 0 Å². The zero-order chi connectivity index (χ0) is 13.9.